The van der Waals surface area contributed by atoms with Gasteiger partial charge in [0.2, 0.25) is 0 Å². The van der Waals surface area contributed by atoms with Gasteiger partial charge in [0, 0.05) is 6.54 Å². The molecule has 0 radical (unpaired) electrons. The molecule has 2 rings (SSSR count). The zero-order valence-electron chi connectivity index (χ0n) is 13.4. The van der Waals surface area contributed by atoms with Gasteiger partial charge in [0.15, 0.2) is 0 Å². The first-order valence-electron chi connectivity index (χ1n) is 8.21. The van der Waals surface area contributed by atoms with Crippen LogP contribution in [0.15, 0.2) is 24.3 Å². The first kappa shape index (κ1) is 16.4. The largest absolute Gasteiger partial charge is 0.369 e. The number of ether oxygens (including phenoxy) is 1. The van der Waals surface area contributed by atoms with Gasteiger partial charge in [-0.1, -0.05) is 32.9 Å². The van der Waals surface area contributed by atoms with Crippen molar-refractivity contribution in [1.82, 2.24) is 5.32 Å². The SMILES string of the molecule is CCNCC(OC1CCC(C)C(C)C1)c1ccc(F)cc1. The van der Waals surface area contributed by atoms with Crippen molar-refractivity contribution in [3.63, 3.8) is 0 Å². The minimum Gasteiger partial charge on any atom is -0.369 e. The summed E-state index contributed by atoms with van der Waals surface area (Å²) in [6, 6.07) is 6.71. The molecule has 0 aliphatic heterocycles. The van der Waals surface area contributed by atoms with Crippen LogP contribution in [0.2, 0.25) is 0 Å². The van der Waals surface area contributed by atoms with Gasteiger partial charge in [-0.25, -0.2) is 4.39 Å². The van der Waals surface area contributed by atoms with Crippen LogP contribution in [-0.4, -0.2) is 19.2 Å². The lowest BCUT2D eigenvalue weighted by atomic mass is 9.80. The highest BCUT2D eigenvalue weighted by atomic mass is 19.1. The Morgan fingerprint density at radius 2 is 1.90 bits per heavy atom. The van der Waals surface area contributed by atoms with Crippen molar-refractivity contribution in [3.8, 4) is 0 Å². The molecule has 4 unspecified atom stereocenters. The van der Waals surface area contributed by atoms with Gasteiger partial charge < -0.3 is 10.1 Å². The minimum absolute atomic E-state index is 0.0103. The maximum atomic E-state index is 13.1. The number of hydrogen-bond donors (Lipinski definition) is 1. The summed E-state index contributed by atoms with van der Waals surface area (Å²) < 4.78 is 19.5. The maximum absolute atomic E-state index is 13.1. The van der Waals surface area contributed by atoms with E-state index >= 15 is 0 Å². The summed E-state index contributed by atoms with van der Waals surface area (Å²) in [5, 5.41) is 3.35. The van der Waals surface area contributed by atoms with Crippen molar-refractivity contribution in [2.24, 2.45) is 11.8 Å². The molecule has 0 spiro atoms. The zero-order chi connectivity index (χ0) is 15.2. The number of likely N-dealkylation sites (N-methyl/N-ethyl adjacent to an activating group) is 1. The second kappa shape index (κ2) is 7.90. The van der Waals surface area contributed by atoms with Gasteiger partial charge in [-0.05, 0) is 55.3 Å². The molecule has 3 heteroatoms. The molecule has 1 aliphatic carbocycles. The lowest BCUT2D eigenvalue weighted by molar-refractivity contribution is -0.0478. The standard InChI is InChI=1S/C18H28FNO/c1-4-20-12-18(15-6-8-16(19)9-7-15)21-17-10-5-13(2)14(3)11-17/h6-9,13-14,17-18,20H,4-5,10-12H2,1-3H3. The fourth-order valence-electron chi connectivity index (χ4n) is 3.05. The molecule has 0 bridgehead atoms. The lowest BCUT2D eigenvalue weighted by Gasteiger charge is -2.34. The predicted octanol–water partition coefficient (Wildman–Crippen LogP) is 4.32. The third-order valence-electron chi connectivity index (χ3n) is 4.73. The van der Waals surface area contributed by atoms with Crippen LogP contribution in [0.1, 0.15) is 51.7 Å². The van der Waals surface area contributed by atoms with Crippen molar-refractivity contribution in [3.05, 3.63) is 35.6 Å². The van der Waals surface area contributed by atoms with Gasteiger partial charge in [-0.2, -0.15) is 0 Å². The summed E-state index contributed by atoms with van der Waals surface area (Å²) in [4.78, 5) is 0. The topological polar surface area (TPSA) is 21.3 Å². The molecule has 0 amide bonds. The number of halogens is 1. The molecule has 0 saturated heterocycles. The summed E-state index contributed by atoms with van der Waals surface area (Å²) in [7, 11) is 0. The fourth-order valence-corrected chi connectivity index (χ4v) is 3.05. The van der Waals surface area contributed by atoms with Crippen LogP contribution in [0.4, 0.5) is 4.39 Å². The molecular formula is C18H28FNO. The van der Waals surface area contributed by atoms with E-state index in [-0.39, 0.29) is 11.9 Å². The highest BCUT2D eigenvalue weighted by Gasteiger charge is 2.27. The van der Waals surface area contributed by atoms with E-state index in [1.807, 2.05) is 12.1 Å². The molecule has 21 heavy (non-hydrogen) atoms. The van der Waals surface area contributed by atoms with Crippen molar-refractivity contribution < 1.29 is 9.13 Å². The van der Waals surface area contributed by atoms with E-state index in [0.29, 0.717) is 6.10 Å². The Bertz CT molecular complexity index is 420. The fraction of sp³-hybridized carbons (Fsp3) is 0.667. The Morgan fingerprint density at radius 3 is 2.52 bits per heavy atom. The Balaban J connectivity index is 2.00. The molecule has 2 nitrogen and oxygen atoms in total. The number of nitrogens with one attached hydrogen (secondary N) is 1. The van der Waals surface area contributed by atoms with E-state index < -0.39 is 0 Å². The van der Waals surface area contributed by atoms with Crippen LogP contribution in [0.5, 0.6) is 0 Å². The van der Waals surface area contributed by atoms with Crippen LogP contribution >= 0.6 is 0 Å². The monoisotopic (exact) mass is 293 g/mol. The maximum Gasteiger partial charge on any atom is 0.123 e. The van der Waals surface area contributed by atoms with Crippen molar-refractivity contribution in [2.75, 3.05) is 13.1 Å². The summed E-state index contributed by atoms with van der Waals surface area (Å²) in [5.74, 6) is 1.32. The first-order valence-corrected chi connectivity index (χ1v) is 8.21. The van der Waals surface area contributed by atoms with Crippen molar-refractivity contribution >= 4 is 0 Å². The van der Waals surface area contributed by atoms with Gasteiger partial charge in [0.05, 0.1) is 12.2 Å². The second-order valence-corrected chi connectivity index (χ2v) is 6.37. The Morgan fingerprint density at radius 1 is 1.19 bits per heavy atom. The number of benzene rings is 1. The molecule has 1 aromatic rings. The molecule has 1 aromatic carbocycles. The molecule has 0 aromatic heterocycles. The molecule has 1 aliphatic rings. The van der Waals surface area contributed by atoms with Crippen molar-refractivity contribution in [2.45, 2.75) is 52.2 Å². The molecule has 118 valence electrons. The number of rotatable bonds is 6. The van der Waals surface area contributed by atoms with Crippen molar-refractivity contribution in [1.29, 1.82) is 0 Å². The summed E-state index contributed by atoms with van der Waals surface area (Å²) in [6.07, 6.45) is 3.84. The smallest absolute Gasteiger partial charge is 0.123 e. The molecule has 1 N–H and O–H groups in total. The Labute approximate surface area is 128 Å². The summed E-state index contributed by atoms with van der Waals surface area (Å²) in [5.41, 5.74) is 1.06. The lowest BCUT2D eigenvalue weighted by Crippen LogP contribution is -2.31. The number of hydrogen-bond acceptors (Lipinski definition) is 2. The molecular weight excluding hydrogens is 265 g/mol. The Hall–Kier alpha value is -0.930. The third-order valence-corrected chi connectivity index (χ3v) is 4.73. The van der Waals surface area contributed by atoms with Crippen LogP contribution in [0.25, 0.3) is 0 Å². The zero-order valence-corrected chi connectivity index (χ0v) is 13.4. The van der Waals surface area contributed by atoms with Gasteiger partial charge >= 0.3 is 0 Å². The highest BCUT2D eigenvalue weighted by molar-refractivity contribution is 5.19. The average molecular weight is 293 g/mol. The molecule has 0 heterocycles. The normalized spacial score (nSPS) is 27.5. The Kier molecular flexibility index (Phi) is 6.19. The molecule has 1 fully saturated rings. The van der Waals surface area contributed by atoms with Gasteiger partial charge in [0.25, 0.3) is 0 Å². The third kappa shape index (κ3) is 4.79. The van der Waals surface area contributed by atoms with Gasteiger partial charge in [0.1, 0.15) is 5.82 Å². The van der Waals surface area contributed by atoms with Crippen LogP contribution in [0, 0.1) is 17.7 Å². The highest BCUT2D eigenvalue weighted by Crippen LogP contribution is 2.33. The average Bonchev–Trinajstić information content (AvgIpc) is 2.48. The van der Waals surface area contributed by atoms with E-state index in [4.69, 9.17) is 4.74 Å². The van der Waals surface area contributed by atoms with Gasteiger partial charge in [-0.3, -0.25) is 0 Å². The minimum atomic E-state index is -0.193. The first-order chi connectivity index (χ1) is 10.1. The second-order valence-electron chi connectivity index (χ2n) is 6.37. The van der Waals surface area contributed by atoms with Crippen LogP contribution < -0.4 is 5.32 Å². The van der Waals surface area contributed by atoms with E-state index in [1.165, 1.54) is 18.6 Å². The van der Waals surface area contributed by atoms with Gasteiger partial charge in [-0.15, -0.1) is 0 Å². The van der Waals surface area contributed by atoms with E-state index in [9.17, 15) is 4.39 Å². The predicted molar refractivity (Wildman–Crippen MR) is 84.7 cm³/mol. The van der Waals surface area contributed by atoms with E-state index in [1.54, 1.807) is 0 Å². The van der Waals surface area contributed by atoms with E-state index in [0.717, 1.165) is 43.3 Å². The van der Waals surface area contributed by atoms with E-state index in [2.05, 4.69) is 26.1 Å². The van der Waals surface area contributed by atoms with Crippen LogP contribution in [-0.2, 0) is 4.74 Å². The van der Waals surface area contributed by atoms with Crippen LogP contribution in [0.3, 0.4) is 0 Å². The molecule has 4 atom stereocenters. The summed E-state index contributed by atoms with van der Waals surface area (Å²) >= 11 is 0. The quantitative estimate of drug-likeness (QED) is 0.843. The summed E-state index contributed by atoms with van der Waals surface area (Å²) in [6.45, 7) is 8.43. The molecule has 1 saturated carbocycles.